The van der Waals surface area contributed by atoms with Crippen molar-refractivity contribution in [2.75, 3.05) is 26.2 Å². The lowest BCUT2D eigenvalue weighted by Crippen LogP contribution is -2.62. The number of nitrogens with zero attached hydrogens (tertiary/aromatic N) is 4. The molecule has 1 amide bonds. The molecule has 6 aliphatic heterocycles. The third kappa shape index (κ3) is 3.47. The number of carbonyl (C=O) groups excluding carboxylic acids is 1. The zero-order chi connectivity index (χ0) is 32.8. The number of para-hydroxylation sites is 1. The molecule has 4 fully saturated rings. The van der Waals surface area contributed by atoms with Crippen molar-refractivity contribution in [3.63, 3.8) is 0 Å². The Bertz CT molecular complexity index is 1820. The Labute approximate surface area is 282 Å². The number of hydrogen-bond acceptors (Lipinski definition) is 4. The highest BCUT2D eigenvalue weighted by Crippen LogP contribution is 2.68. The van der Waals surface area contributed by atoms with Crippen LogP contribution in [0.5, 0.6) is 0 Å². The van der Waals surface area contributed by atoms with Crippen molar-refractivity contribution < 1.29 is 18.7 Å². The first-order valence-corrected chi connectivity index (χ1v) is 18.7. The van der Waals surface area contributed by atoms with Gasteiger partial charge in [-0.25, -0.2) is 8.78 Å². The molecule has 8 atom stereocenters. The van der Waals surface area contributed by atoms with Crippen molar-refractivity contribution in [2.24, 2.45) is 22.2 Å². The monoisotopic (exact) mass is 654 g/mol. The summed E-state index contributed by atoms with van der Waals surface area (Å²) < 4.78 is 35.2. The summed E-state index contributed by atoms with van der Waals surface area (Å²) in [5.74, 6) is -3.18. The molecule has 7 heterocycles. The van der Waals surface area contributed by atoms with Gasteiger partial charge < -0.3 is 14.6 Å². The Kier molecular flexibility index (Phi) is 6.13. The molecule has 1 aromatic heterocycles. The predicted molar refractivity (Wildman–Crippen MR) is 182 cm³/mol. The quantitative estimate of drug-likeness (QED) is 0.336. The van der Waals surface area contributed by atoms with E-state index in [1.165, 1.54) is 18.4 Å². The number of fused-ring (bicyclic) bond motifs is 3. The summed E-state index contributed by atoms with van der Waals surface area (Å²) in [6.45, 7) is 7.33. The molecular formula is C40H48F2N4O2. The summed E-state index contributed by atoms with van der Waals surface area (Å²) >= 11 is 0. The molecule has 0 radical (unpaired) electrons. The van der Waals surface area contributed by atoms with E-state index in [1.807, 2.05) is 11.0 Å². The van der Waals surface area contributed by atoms with Gasteiger partial charge in [0.1, 0.15) is 5.76 Å². The van der Waals surface area contributed by atoms with Crippen molar-refractivity contribution in [1.29, 1.82) is 0 Å². The molecule has 48 heavy (non-hydrogen) atoms. The van der Waals surface area contributed by atoms with E-state index in [9.17, 15) is 9.90 Å². The standard InChI is InChI=1S/C40H48F2N4O2/c1-3-38-14-6-19-44-21-17-39(36(38)44)22-29(45(24-47)32(39)12-16-38)27-10-11-31(48)33(27)30-23-40(37(2,41)42)15-7-18-43-20-13-26-25-8-4-5-9-28(25)46(30)34(26)35(40)43/h4-5,8-11,22,24,30,32-33,35-36,48H,3,6-7,12-21,23H2,1-2H3. The lowest BCUT2D eigenvalue weighted by atomic mass is 9.53. The van der Waals surface area contributed by atoms with Gasteiger partial charge in [0.25, 0.3) is 5.92 Å². The molecule has 8 aliphatic rings. The number of amides is 1. The van der Waals surface area contributed by atoms with Crippen LogP contribution in [0.3, 0.4) is 0 Å². The molecule has 10 rings (SSSR count). The highest BCUT2D eigenvalue weighted by Gasteiger charge is 2.67. The van der Waals surface area contributed by atoms with Crippen LogP contribution in [0.15, 0.2) is 59.5 Å². The average Bonchev–Trinajstić information content (AvgIpc) is 3.84. The van der Waals surface area contributed by atoms with Crippen LogP contribution in [-0.4, -0.2) is 75.0 Å². The van der Waals surface area contributed by atoms with Crippen molar-refractivity contribution in [2.45, 2.75) is 108 Å². The molecule has 2 aliphatic carbocycles. The third-order valence-electron chi connectivity index (χ3n) is 15.2. The molecule has 254 valence electrons. The zero-order valence-electron chi connectivity index (χ0n) is 28.3. The minimum atomic E-state index is -2.90. The van der Waals surface area contributed by atoms with Crippen molar-refractivity contribution >= 4 is 17.3 Å². The predicted octanol–water partition coefficient (Wildman–Crippen LogP) is 7.69. The van der Waals surface area contributed by atoms with Crippen LogP contribution < -0.4 is 0 Å². The maximum atomic E-state index is 16.4. The van der Waals surface area contributed by atoms with Crippen LogP contribution in [0.4, 0.5) is 8.78 Å². The number of hydrogen-bond donors (Lipinski definition) is 1. The van der Waals surface area contributed by atoms with Gasteiger partial charge in [-0.15, -0.1) is 0 Å². The first-order valence-electron chi connectivity index (χ1n) is 18.7. The molecule has 1 aromatic carbocycles. The molecule has 8 unspecified atom stereocenters. The first kappa shape index (κ1) is 29.9. The molecule has 1 saturated carbocycles. The number of aliphatic hydroxyl groups excluding tert-OH is 1. The Morgan fingerprint density at radius 1 is 1.02 bits per heavy atom. The van der Waals surface area contributed by atoms with Crippen LogP contribution >= 0.6 is 0 Å². The van der Waals surface area contributed by atoms with Gasteiger partial charge >= 0.3 is 0 Å². The van der Waals surface area contributed by atoms with Gasteiger partial charge in [0, 0.05) is 52.4 Å². The number of benzene rings is 1. The zero-order valence-corrected chi connectivity index (χ0v) is 28.3. The lowest BCUT2D eigenvalue weighted by molar-refractivity contribution is -0.190. The van der Waals surface area contributed by atoms with E-state index in [4.69, 9.17) is 0 Å². The van der Waals surface area contributed by atoms with Crippen LogP contribution in [0.25, 0.3) is 10.9 Å². The summed E-state index contributed by atoms with van der Waals surface area (Å²) in [5.41, 5.74) is 4.07. The molecule has 1 spiro atoms. The van der Waals surface area contributed by atoms with Gasteiger partial charge in [0.2, 0.25) is 6.41 Å². The molecular weight excluding hydrogens is 606 g/mol. The van der Waals surface area contributed by atoms with E-state index < -0.39 is 23.3 Å². The van der Waals surface area contributed by atoms with E-state index in [2.05, 4.69) is 51.6 Å². The van der Waals surface area contributed by atoms with E-state index in [-0.39, 0.29) is 35.1 Å². The van der Waals surface area contributed by atoms with Gasteiger partial charge in [-0.3, -0.25) is 14.6 Å². The summed E-state index contributed by atoms with van der Waals surface area (Å²) in [6.07, 6.45) is 16.4. The molecule has 0 bridgehead atoms. The van der Waals surface area contributed by atoms with Crippen molar-refractivity contribution in [3.05, 3.63) is 70.8 Å². The fourth-order valence-corrected chi connectivity index (χ4v) is 13.5. The minimum absolute atomic E-state index is 0.0937. The SMILES string of the molecule is CCC12CCCN3CCC4(C=C(C5=CC=C(O)C5C5CC6(C(C)(F)F)CCCN7CCc8c(n5c5ccccc85)C76)N(C=O)C4CC1)C32. The lowest BCUT2D eigenvalue weighted by Gasteiger charge is -2.59. The Morgan fingerprint density at radius 2 is 1.83 bits per heavy atom. The topological polar surface area (TPSA) is 52.0 Å². The van der Waals surface area contributed by atoms with Gasteiger partial charge in [-0.1, -0.05) is 37.3 Å². The van der Waals surface area contributed by atoms with Crippen LogP contribution in [0.1, 0.15) is 95.0 Å². The minimum Gasteiger partial charge on any atom is -0.512 e. The largest absolute Gasteiger partial charge is 0.512 e. The van der Waals surface area contributed by atoms with E-state index in [0.717, 1.165) is 106 Å². The molecule has 6 nitrogen and oxygen atoms in total. The Hall–Kier alpha value is -2.97. The Morgan fingerprint density at radius 3 is 2.65 bits per heavy atom. The number of alkyl halides is 2. The first-order chi connectivity index (χ1) is 23.2. The number of aromatic nitrogens is 1. The highest BCUT2D eigenvalue weighted by molar-refractivity contribution is 5.87. The van der Waals surface area contributed by atoms with E-state index >= 15 is 8.78 Å². The summed E-state index contributed by atoms with van der Waals surface area (Å²) in [6, 6.07) is 8.17. The average molecular weight is 655 g/mol. The van der Waals surface area contributed by atoms with Crippen LogP contribution in [-0.2, 0) is 11.2 Å². The van der Waals surface area contributed by atoms with E-state index in [0.29, 0.717) is 12.5 Å². The van der Waals surface area contributed by atoms with Crippen molar-refractivity contribution in [3.8, 4) is 0 Å². The molecule has 3 saturated heterocycles. The summed E-state index contributed by atoms with van der Waals surface area (Å²) in [7, 11) is 0. The van der Waals surface area contributed by atoms with Gasteiger partial charge in [-0.2, -0.15) is 0 Å². The fraction of sp³-hybridized carbons (Fsp3) is 0.625. The number of rotatable bonds is 5. The number of carbonyl (C=O) groups is 1. The molecule has 2 aromatic rings. The van der Waals surface area contributed by atoms with Crippen LogP contribution in [0.2, 0.25) is 0 Å². The molecule has 1 N–H and O–H groups in total. The summed E-state index contributed by atoms with van der Waals surface area (Å²) in [4.78, 5) is 20.3. The van der Waals surface area contributed by atoms with E-state index in [1.54, 1.807) is 6.08 Å². The second kappa shape index (κ2) is 9.84. The van der Waals surface area contributed by atoms with Gasteiger partial charge in [0.05, 0.1) is 17.4 Å². The summed E-state index contributed by atoms with van der Waals surface area (Å²) in [5, 5.41) is 13.1. The Balaban J connectivity index is 1.15. The second-order valence-corrected chi connectivity index (χ2v) is 16.8. The smallest absolute Gasteiger partial charge is 0.252 e. The number of allylic oxidation sites excluding steroid dienone is 4. The second-order valence-electron chi connectivity index (χ2n) is 16.8. The van der Waals surface area contributed by atoms with Gasteiger partial charge in [0.15, 0.2) is 0 Å². The fourth-order valence-electron chi connectivity index (χ4n) is 13.5. The number of halogens is 2. The highest BCUT2D eigenvalue weighted by atomic mass is 19.3. The maximum Gasteiger partial charge on any atom is 0.252 e. The van der Waals surface area contributed by atoms with Gasteiger partial charge in [-0.05, 0) is 119 Å². The maximum absolute atomic E-state index is 16.4. The number of piperidine rings is 2. The third-order valence-corrected chi connectivity index (χ3v) is 15.2. The molecule has 8 heteroatoms. The normalized spacial score (nSPS) is 40.3. The number of aliphatic hydroxyl groups is 1. The van der Waals surface area contributed by atoms with Crippen molar-refractivity contribution in [1.82, 2.24) is 19.3 Å². The van der Waals surface area contributed by atoms with Crippen LogP contribution in [0, 0.1) is 22.2 Å².